The summed E-state index contributed by atoms with van der Waals surface area (Å²) in [5, 5.41) is 33.1. The maximum Gasteiger partial charge on any atom is 0.0881 e. The van der Waals surface area contributed by atoms with Crippen LogP contribution in [0.25, 0.3) is 61.8 Å². The van der Waals surface area contributed by atoms with Crippen LogP contribution in [0.15, 0.2) is 128 Å². The van der Waals surface area contributed by atoms with E-state index < -0.39 is 18.3 Å². The maximum absolute atomic E-state index is 11.0. The zero-order valence-corrected chi connectivity index (χ0v) is 32.7. The SMILES string of the molecule is Cc1cc(-c2c(C(C)O)cc3ccc(-c4cccc(-c5c(C(C)O)cc6cc(Cc7cccc(-c8c(C(C)O)cc9cc(Cl)ccn89)n7)ccn56)n4)cn23)ccn1. The van der Waals surface area contributed by atoms with Crippen molar-refractivity contribution >= 4 is 28.2 Å². The highest BCUT2D eigenvalue weighted by Crippen LogP contribution is 2.36. The lowest BCUT2D eigenvalue weighted by atomic mass is 10.1. The Morgan fingerprint density at radius 2 is 1.19 bits per heavy atom. The second-order valence-electron chi connectivity index (χ2n) is 14.8. The minimum absolute atomic E-state index is 0.585. The van der Waals surface area contributed by atoms with Crippen molar-refractivity contribution in [3.05, 3.63) is 167 Å². The number of nitrogens with zero attached hydrogens (tertiary/aromatic N) is 6. The monoisotopic (exact) mass is 772 g/mol. The summed E-state index contributed by atoms with van der Waals surface area (Å²) in [6, 6.07) is 34.0. The average molecular weight is 773 g/mol. The lowest BCUT2D eigenvalue weighted by Gasteiger charge is -2.12. The molecule has 9 heterocycles. The Labute approximate surface area is 334 Å². The molecule has 0 saturated carbocycles. The first-order chi connectivity index (χ1) is 27.5. The number of pyridine rings is 6. The third-order valence-corrected chi connectivity index (χ3v) is 10.9. The first-order valence-corrected chi connectivity index (χ1v) is 19.4. The molecule has 0 aliphatic heterocycles. The van der Waals surface area contributed by atoms with Gasteiger partial charge in [-0.1, -0.05) is 23.7 Å². The number of fused-ring (bicyclic) bond motifs is 3. The third-order valence-electron chi connectivity index (χ3n) is 10.7. The van der Waals surface area contributed by atoms with Crippen molar-refractivity contribution in [3.8, 4) is 45.3 Å². The summed E-state index contributed by atoms with van der Waals surface area (Å²) >= 11 is 6.29. The third kappa shape index (κ3) is 6.68. The summed E-state index contributed by atoms with van der Waals surface area (Å²) < 4.78 is 6.22. The van der Waals surface area contributed by atoms with Crippen LogP contribution in [-0.4, -0.2) is 43.5 Å². The summed E-state index contributed by atoms with van der Waals surface area (Å²) in [5.41, 5.74) is 14.8. The van der Waals surface area contributed by atoms with Gasteiger partial charge in [0, 0.05) is 92.0 Å². The molecule has 3 atom stereocenters. The van der Waals surface area contributed by atoms with E-state index in [0.717, 1.165) is 95.5 Å². The van der Waals surface area contributed by atoms with E-state index in [1.807, 2.05) is 103 Å². The van der Waals surface area contributed by atoms with E-state index in [0.29, 0.717) is 11.4 Å². The number of aryl methyl sites for hydroxylation is 1. The van der Waals surface area contributed by atoms with Crippen molar-refractivity contribution < 1.29 is 15.3 Å². The number of rotatable bonds is 9. The highest BCUT2D eigenvalue weighted by molar-refractivity contribution is 6.30. The Morgan fingerprint density at radius 1 is 0.579 bits per heavy atom. The van der Waals surface area contributed by atoms with Gasteiger partial charge in [-0.25, -0.2) is 4.98 Å². The van der Waals surface area contributed by atoms with E-state index in [1.165, 1.54) is 0 Å². The topological polar surface area (TPSA) is 113 Å². The van der Waals surface area contributed by atoms with Gasteiger partial charge in [0.05, 0.1) is 52.5 Å². The normalized spacial score (nSPS) is 13.5. The fourth-order valence-corrected chi connectivity index (χ4v) is 8.18. The van der Waals surface area contributed by atoms with Gasteiger partial charge in [0.1, 0.15) is 0 Å². The lowest BCUT2D eigenvalue weighted by Crippen LogP contribution is -2.00. The standard InChI is InChI=1S/C47H41ClN6O3/c1-27-19-32(13-16-49-27)45-39(28(2)55)23-36-12-11-33(26-54(36)45)42-8-6-10-44(51-42)47-40(29(3)56)24-37-21-31(14-17-52(37)47)20-35-7-5-9-43(50-35)46-41(30(4)57)25-38-22-34(48)15-18-53(38)46/h5-19,21-26,28-30,55-57H,20H2,1-4H3. The Hall–Kier alpha value is -6.10. The Kier molecular flexibility index (Phi) is 9.26. The summed E-state index contributed by atoms with van der Waals surface area (Å²) in [5.74, 6) is 0. The van der Waals surface area contributed by atoms with Gasteiger partial charge in [0.15, 0.2) is 0 Å². The van der Waals surface area contributed by atoms with Crippen molar-refractivity contribution in [1.29, 1.82) is 0 Å². The maximum atomic E-state index is 11.0. The van der Waals surface area contributed by atoms with Crippen LogP contribution >= 0.6 is 11.6 Å². The molecular formula is C47H41ClN6O3. The predicted molar refractivity (Wildman–Crippen MR) is 225 cm³/mol. The van der Waals surface area contributed by atoms with Crippen molar-refractivity contribution in [2.45, 2.75) is 52.4 Å². The molecule has 9 aromatic heterocycles. The molecule has 0 radical (unpaired) electrons. The van der Waals surface area contributed by atoms with Crippen molar-refractivity contribution in [2.75, 3.05) is 0 Å². The van der Waals surface area contributed by atoms with Gasteiger partial charge in [-0.15, -0.1) is 0 Å². The highest BCUT2D eigenvalue weighted by atomic mass is 35.5. The lowest BCUT2D eigenvalue weighted by molar-refractivity contribution is 0.199. The zero-order valence-electron chi connectivity index (χ0n) is 32.0. The Balaban J connectivity index is 1.07. The van der Waals surface area contributed by atoms with Crippen molar-refractivity contribution in [1.82, 2.24) is 28.2 Å². The summed E-state index contributed by atoms with van der Waals surface area (Å²) in [4.78, 5) is 14.6. The fraction of sp³-hybridized carbons (Fsp3) is 0.170. The van der Waals surface area contributed by atoms with Crippen LogP contribution in [0.4, 0.5) is 0 Å². The van der Waals surface area contributed by atoms with Crippen LogP contribution < -0.4 is 0 Å². The van der Waals surface area contributed by atoms with Crippen LogP contribution in [0.3, 0.4) is 0 Å². The van der Waals surface area contributed by atoms with E-state index >= 15 is 0 Å². The molecule has 9 aromatic rings. The molecule has 0 saturated heterocycles. The second kappa shape index (κ2) is 14.4. The van der Waals surface area contributed by atoms with E-state index in [1.54, 1.807) is 27.0 Å². The van der Waals surface area contributed by atoms with Crippen LogP contribution in [0.1, 0.15) is 72.7 Å². The summed E-state index contributed by atoms with van der Waals surface area (Å²) in [7, 11) is 0. The second-order valence-corrected chi connectivity index (χ2v) is 15.3. The molecule has 57 heavy (non-hydrogen) atoms. The number of aromatic nitrogens is 6. The molecule has 10 heteroatoms. The molecule has 0 spiro atoms. The summed E-state index contributed by atoms with van der Waals surface area (Å²) in [6.45, 7) is 7.29. The molecule has 3 unspecified atom stereocenters. The quantitative estimate of drug-likeness (QED) is 0.135. The smallest absolute Gasteiger partial charge is 0.0881 e. The largest absolute Gasteiger partial charge is 0.389 e. The van der Waals surface area contributed by atoms with Gasteiger partial charge >= 0.3 is 0 Å². The Bertz CT molecular complexity index is 2970. The van der Waals surface area contributed by atoms with Crippen molar-refractivity contribution in [2.24, 2.45) is 0 Å². The molecule has 0 aliphatic carbocycles. The first-order valence-electron chi connectivity index (χ1n) is 19.0. The number of hydrogen-bond acceptors (Lipinski definition) is 6. The average Bonchev–Trinajstić information content (AvgIpc) is 3.89. The van der Waals surface area contributed by atoms with Gasteiger partial charge < -0.3 is 28.5 Å². The van der Waals surface area contributed by atoms with Crippen LogP contribution in [0.2, 0.25) is 5.02 Å². The molecule has 0 amide bonds. The van der Waals surface area contributed by atoms with E-state index in [-0.39, 0.29) is 0 Å². The molecule has 0 bridgehead atoms. The highest BCUT2D eigenvalue weighted by Gasteiger charge is 2.21. The van der Waals surface area contributed by atoms with Crippen LogP contribution in [0, 0.1) is 6.92 Å². The molecular weight excluding hydrogens is 732 g/mol. The van der Waals surface area contributed by atoms with Crippen LogP contribution in [0.5, 0.6) is 0 Å². The molecule has 9 nitrogen and oxygen atoms in total. The number of aliphatic hydroxyl groups is 3. The minimum Gasteiger partial charge on any atom is -0.389 e. The molecule has 0 aromatic carbocycles. The first kappa shape index (κ1) is 36.5. The Morgan fingerprint density at radius 3 is 1.89 bits per heavy atom. The van der Waals surface area contributed by atoms with Gasteiger partial charge in [0.2, 0.25) is 0 Å². The molecule has 3 N–H and O–H groups in total. The van der Waals surface area contributed by atoms with Gasteiger partial charge in [-0.3, -0.25) is 9.97 Å². The molecule has 0 fully saturated rings. The van der Waals surface area contributed by atoms with E-state index in [4.69, 9.17) is 21.6 Å². The van der Waals surface area contributed by atoms with Crippen LogP contribution in [-0.2, 0) is 6.42 Å². The number of halogens is 1. The molecule has 0 aliphatic rings. The minimum atomic E-state index is -0.733. The fourth-order valence-electron chi connectivity index (χ4n) is 8.01. The van der Waals surface area contributed by atoms with Gasteiger partial charge in [-0.05, 0) is 124 Å². The molecule has 284 valence electrons. The number of hydrogen-bond donors (Lipinski definition) is 3. The van der Waals surface area contributed by atoms with E-state index in [9.17, 15) is 15.3 Å². The molecule has 9 rings (SSSR count). The van der Waals surface area contributed by atoms with E-state index in [2.05, 4.69) is 44.2 Å². The van der Waals surface area contributed by atoms with Gasteiger partial charge in [0.25, 0.3) is 0 Å². The zero-order chi connectivity index (χ0) is 39.5. The number of aliphatic hydroxyl groups excluding tert-OH is 3. The summed E-state index contributed by atoms with van der Waals surface area (Å²) in [6.07, 6.45) is 6.32. The van der Waals surface area contributed by atoms with Gasteiger partial charge in [-0.2, -0.15) is 0 Å². The predicted octanol–water partition coefficient (Wildman–Crippen LogP) is 10.0. The van der Waals surface area contributed by atoms with Crippen molar-refractivity contribution in [3.63, 3.8) is 0 Å².